The second-order valence-corrected chi connectivity index (χ2v) is 6.86. The summed E-state index contributed by atoms with van der Waals surface area (Å²) in [6, 6.07) is 13.7. The molecule has 6 heteroatoms. The van der Waals surface area contributed by atoms with E-state index in [9.17, 15) is 4.79 Å². The van der Waals surface area contributed by atoms with E-state index in [1.807, 2.05) is 47.4 Å². The van der Waals surface area contributed by atoms with Gasteiger partial charge in [-0.1, -0.05) is 30.0 Å². The van der Waals surface area contributed by atoms with Gasteiger partial charge in [-0.25, -0.2) is 4.79 Å². The first-order valence-corrected chi connectivity index (χ1v) is 9.08. The highest BCUT2D eigenvalue weighted by atomic mass is 32.2. The van der Waals surface area contributed by atoms with Crippen LogP contribution in [0.25, 0.3) is 0 Å². The van der Waals surface area contributed by atoms with Gasteiger partial charge in [-0.3, -0.25) is 0 Å². The number of urea groups is 1. The van der Waals surface area contributed by atoms with Crippen LogP contribution in [0.1, 0.15) is 12.8 Å². The summed E-state index contributed by atoms with van der Waals surface area (Å²) < 4.78 is 11.0. The minimum Gasteiger partial charge on any atom is -0.495 e. The van der Waals surface area contributed by atoms with E-state index in [2.05, 4.69) is 5.32 Å². The lowest BCUT2D eigenvalue weighted by Crippen LogP contribution is -2.32. The molecule has 0 saturated carbocycles. The Kier molecular flexibility index (Phi) is 5.71. The number of likely N-dealkylation sites (tertiary alicyclic amines) is 1. The first-order valence-electron chi connectivity index (χ1n) is 8.26. The van der Waals surface area contributed by atoms with E-state index in [1.165, 1.54) is 0 Å². The summed E-state index contributed by atoms with van der Waals surface area (Å²) in [7, 11) is 3.23. The Hall–Kier alpha value is -2.34. The van der Waals surface area contributed by atoms with Gasteiger partial charge in [0.1, 0.15) is 11.5 Å². The minimum absolute atomic E-state index is 0.0960. The summed E-state index contributed by atoms with van der Waals surface area (Å²) in [5.74, 6) is 1.32. The maximum absolute atomic E-state index is 12.4. The van der Waals surface area contributed by atoms with Crippen LogP contribution in [0.3, 0.4) is 0 Å². The fourth-order valence-electron chi connectivity index (χ4n) is 2.78. The predicted octanol–water partition coefficient (Wildman–Crippen LogP) is 4.48. The summed E-state index contributed by atoms with van der Waals surface area (Å²) in [6.45, 7) is 1.60. The molecule has 2 aromatic carbocycles. The first kappa shape index (κ1) is 17.5. The Labute approximate surface area is 152 Å². The molecule has 1 aliphatic heterocycles. The highest BCUT2D eigenvalue weighted by molar-refractivity contribution is 7.99. The van der Waals surface area contributed by atoms with Crippen molar-refractivity contribution < 1.29 is 14.3 Å². The fourth-order valence-corrected chi connectivity index (χ4v) is 3.73. The van der Waals surface area contributed by atoms with Crippen LogP contribution in [0.2, 0.25) is 0 Å². The molecule has 25 heavy (non-hydrogen) atoms. The molecular formula is C19H22N2O3S. The van der Waals surface area contributed by atoms with E-state index in [0.717, 1.165) is 35.7 Å². The average Bonchev–Trinajstić information content (AvgIpc) is 3.18. The lowest BCUT2D eigenvalue weighted by molar-refractivity contribution is 0.222. The summed E-state index contributed by atoms with van der Waals surface area (Å²) in [5, 5.41) is 2.94. The molecule has 0 aliphatic carbocycles. The summed E-state index contributed by atoms with van der Waals surface area (Å²) >= 11 is 1.59. The number of carbonyl (C=O) groups is 1. The number of nitrogens with zero attached hydrogens (tertiary/aromatic N) is 1. The zero-order chi connectivity index (χ0) is 17.6. The number of ether oxygens (including phenoxy) is 2. The maximum atomic E-state index is 12.4. The average molecular weight is 358 g/mol. The molecule has 0 spiro atoms. The monoisotopic (exact) mass is 358 g/mol. The lowest BCUT2D eigenvalue weighted by atomic mass is 10.2. The van der Waals surface area contributed by atoms with Crippen LogP contribution in [0.4, 0.5) is 10.5 Å². The van der Waals surface area contributed by atoms with Crippen LogP contribution < -0.4 is 14.8 Å². The Bertz CT molecular complexity index is 731. The highest BCUT2D eigenvalue weighted by Gasteiger charge is 2.20. The molecule has 1 aliphatic rings. The number of nitrogens with one attached hydrogen (secondary N) is 1. The summed E-state index contributed by atoms with van der Waals surface area (Å²) in [5.41, 5.74) is 0.619. The van der Waals surface area contributed by atoms with Crippen molar-refractivity contribution in [2.45, 2.75) is 22.6 Å². The van der Waals surface area contributed by atoms with Crippen LogP contribution in [0.5, 0.6) is 11.5 Å². The van der Waals surface area contributed by atoms with Gasteiger partial charge in [0.05, 0.1) is 24.8 Å². The Morgan fingerprint density at radius 3 is 2.36 bits per heavy atom. The standard InChI is InChI=1S/C19H22N2O3S/c1-23-16-13-18(25-14-8-4-3-5-9-14)17(24-2)12-15(16)20-19(22)21-10-6-7-11-21/h3-5,8-9,12-13H,6-7,10-11H2,1-2H3,(H,20,22). The van der Waals surface area contributed by atoms with Crippen LogP contribution >= 0.6 is 11.8 Å². The third kappa shape index (κ3) is 4.20. The van der Waals surface area contributed by atoms with Crippen molar-refractivity contribution in [1.82, 2.24) is 4.90 Å². The molecule has 0 unspecified atom stereocenters. The van der Waals surface area contributed by atoms with Crippen molar-refractivity contribution in [3.63, 3.8) is 0 Å². The molecular weight excluding hydrogens is 336 g/mol. The van der Waals surface area contributed by atoms with Crippen LogP contribution in [-0.4, -0.2) is 38.2 Å². The second kappa shape index (κ2) is 8.16. The SMILES string of the molecule is COc1cc(Sc2ccccc2)c(OC)cc1NC(=O)N1CCCC1. The van der Waals surface area contributed by atoms with Gasteiger partial charge in [0.25, 0.3) is 0 Å². The molecule has 2 aromatic rings. The molecule has 2 amide bonds. The number of methoxy groups -OCH3 is 2. The smallest absolute Gasteiger partial charge is 0.321 e. The van der Waals surface area contributed by atoms with E-state index < -0.39 is 0 Å². The van der Waals surface area contributed by atoms with Gasteiger partial charge in [0.2, 0.25) is 0 Å². The largest absolute Gasteiger partial charge is 0.495 e. The molecule has 0 bridgehead atoms. The predicted molar refractivity (Wildman–Crippen MR) is 99.9 cm³/mol. The van der Waals surface area contributed by atoms with Crippen molar-refractivity contribution in [2.75, 3.05) is 32.6 Å². The normalized spacial score (nSPS) is 13.6. The maximum Gasteiger partial charge on any atom is 0.321 e. The van der Waals surface area contributed by atoms with Crippen LogP contribution in [0.15, 0.2) is 52.3 Å². The van der Waals surface area contributed by atoms with Crippen molar-refractivity contribution in [3.8, 4) is 11.5 Å². The van der Waals surface area contributed by atoms with Gasteiger partial charge in [-0.2, -0.15) is 0 Å². The first-order chi connectivity index (χ1) is 12.2. The van der Waals surface area contributed by atoms with Gasteiger partial charge in [-0.05, 0) is 31.0 Å². The number of carbonyl (C=O) groups excluding carboxylic acids is 1. The highest BCUT2D eigenvalue weighted by Crippen LogP contribution is 2.41. The molecule has 0 aromatic heterocycles. The number of benzene rings is 2. The van der Waals surface area contributed by atoms with Crippen molar-refractivity contribution in [1.29, 1.82) is 0 Å². The van der Waals surface area contributed by atoms with Gasteiger partial charge in [-0.15, -0.1) is 0 Å². The number of amides is 2. The number of anilines is 1. The Morgan fingerprint density at radius 1 is 1.04 bits per heavy atom. The number of rotatable bonds is 5. The zero-order valence-electron chi connectivity index (χ0n) is 14.5. The van der Waals surface area contributed by atoms with Crippen molar-refractivity contribution in [3.05, 3.63) is 42.5 Å². The minimum atomic E-state index is -0.0960. The zero-order valence-corrected chi connectivity index (χ0v) is 15.3. The third-order valence-corrected chi connectivity index (χ3v) is 5.14. The lowest BCUT2D eigenvalue weighted by Gasteiger charge is -2.19. The second-order valence-electron chi connectivity index (χ2n) is 5.74. The van der Waals surface area contributed by atoms with Gasteiger partial charge in [0, 0.05) is 24.1 Å². The number of hydrogen-bond donors (Lipinski definition) is 1. The van der Waals surface area contributed by atoms with Crippen LogP contribution in [-0.2, 0) is 0 Å². The number of hydrogen-bond acceptors (Lipinski definition) is 4. The topological polar surface area (TPSA) is 50.8 Å². The Morgan fingerprint density at radius 2 is 1.72 bits per heavy atom. The molecule has 0 atom stereocenters. The van der Waals surface area contributed by atoms with Gasteiger partial charge < -0.3 is 19.7 Å². The molecule has 0 radical (unpaired) electrons. The molecule has 5 nitrogen and oxygen atoms in total. The quantitative estimate of drug-likeness (QED) is 0.856. The molecule has 1 fully saturated rings. The molecule has 132 valence electrons. The van der Waals surface area contributed by atoms with Gasteiger partial charge >= 0.3 is 6.03 Å². The van der Waals surface area contributed by atoms with E-state index in [-0.39, 0.29) is 6.03 Å². The van der Waals surface area contributed by atoms with E-state index in [1.54, 1.807) is 26.0 Å². The summed E-state index contributed by atoms with van der Waals surface area (Å²) in [6.07, 6.45) is 2.11. The van der Waals surface area contributed by atoms with Crippen molar-refractivity contribution >= 4 is 23.5 Å². The Balaban J connectivity index is 1.85. The van der Waals surface area contributed by atoms with E-state index in [0.29, 0.717) is 17.2 Å². The molecule has 3 rings (SSSR count). The molecule has 1 N–H and O–H groups in total. The van der Waals surface area contributed by atoms with Crippen molar-refractivity contribution in [2.24, 2.45) is 0 Å². The summed E-state index contributed by atoms with van der Waals surface area (Å²) in [4.78, 5) is 16.2. The molecule has 1 saturated heterocycles. The van der Waals surface area contributed by atoms with Crippen LogP contribution in [0, 0.1) is 0 Å². The van der Waals surface area contributed by atoms with Gasteiger partial charge in [0.15, 0.2) is 0 Å². The third-order valence-electron chi connectivity index (χ3n) is 4.09. The fraction of sp³-hybridized carbons (Fsp3) is 0.316. The van der Waals surface area contributed by atoms with E-state index in [4.69, 9.17) is 9.47 Å². The van der Waals surface area contributed by atoms with E-state index >= 15 is 0 Å². The molecule has 1 heterocycles.